The standard InChI is InChI=1S/C31H31F2N5O5/c1-16-25-24(29(41)43-26(16)20-12-19(39)11-17-5-2-6-21(33)23(17)20)27(35-22-7-3-9-34-28(22)40)37-30(36-25)42-15-31-8-4-10-38(31)14-18(32)13-31/h2,5-6,11-12,18,22,39H,3-4,7-10,13-15H2,1H3,(H,34,40)(H,35,36,37)/t18-,22?,31+/m1/s1. The minimum Gasteiger partial charge on any atom is -0.508 e. The third kappa shape index (κ3) is 4.73. The number of hydrogen-bond acceptors (Lipinski definition) is 9. The normalized spacial score (nSPS) is 23.9. The van der Waals surface area contributed by atoms with Crippen LogP contribution in [0.2, 0.25) is 0 Å². The van der Waals surface area contributed by atoms with E-state index in [1.165, 1.54) is 24.3 Å². The first-order valence-corrected chi connectivity index (χ1v) is 14.6. The number of anilines is 1. The van der Waals surface area contributed by atoms with Crippen molar-refractivity contribution < 1.29 is 27.8 Å². The van der Waals surface area contributed by atoms with Crippen LogP contribution < -0.4 is 21.0 Å². The van der Waals surface area contributed by atoms with Gasteiger partial charge in [0.2, 0.25) is 5.91 Å². The molecule has 3 atom stereocenters. The summed E-state index contributed by atoms with van der Waals surface area (Å²) in [4.78, 5) is 37.4. The van der Waals surface area contributed by atoms with Crippen LogP contribution in [0.4, 0.5) is 14.6 Å². The lowest BCUT2D eigenvalue weighted by Gasteiger charge is -2.31. The molecule has 3 aliphatic rings. The van der Waals surface area contributed by atoms with E-state index in [-0.39, 0.29) is 57.7 Å². The zero-order valence-electron chi connectivity index (χ0n) is 23.6. The molecule has 12 heteroatoms. The Morgan fingerprint density at radius 2 is 2.09 bits per heavy atom. The number of piperidine rings is 1. The molecule has 0 radical (unpaired) electrons. The molecule has 10 nitrogen and oxygen atoms in total. The number of benzene rings is 2. The molecule has 0 aliphatic carbocycles. The zero-order chi connectivity index (χ0) is 29.9. The van der Waals surface area contributed by atoms with Gasteiger partial charge in [0.05, 0.1) is 11.1 Å². The minimum absolute atomic E-state index is 0.0160. The zero-order valence-corrected chi connectivity index (χ0v) is 23.6. The molecule has 224 valence electrons. The first-order valence-electron chi connectivity index (χ1n) is 14.6. The highest BCUT2D eigenvalue weighted by Gasteiger charge is 2.49. The van der Waals surface area contributed by atoms with Crippen LogP contribution in [0.1, 0.15) is 37.7 Å². The second-order valence-electron chi connectivity index (χ2n) is 11.7. The smallest absolute Gasteiger partial charge is 0.349 e. The second kappa shape index (κ2) is 10.4. The number of carbonyl (C=O) groups excluding carboxylic acids is 1. The van der Waals surface area contributed by atoms with E-state index in [1.54, 1.807) is 13.0 Å². The summed E-state index contributed by atoms with van der Waals surface area (Å²) in [6, 6.07) is 6.56. The fraction of sp³-hybridized carbons (Fsp3) is 0.419. The Kier molecular flexibility index (Phi) is 6.68. The van der Waals surface area contributed by atoms with Crippen LogP contribution in [-0.4, -0.2) is 69.9 Å². The molecule has 2 aromatic carbocycles. The van der Waals surface area contributed by atoms with Crippen molar-refractivity contribution in [2.45, 2.75) is 56.8 Å². The molecule has 0 bridgehead atoms. The summed E-state index contributed by atoms with van der Waals surface area (Å²) in [5.74, 6) is -0.787. The topological polar surface area (TPSA) is 130 Å². The lowest BCUT2D eigenvalue weighted by atomic mass is 9.95. The number of nitrogens with zero attached hydrogens (tertiary/aromatic N) is 3. The summed E-state index contributed by atoms with van der Waals surface area (Å²) in [5.41, 5.74) is -0.489. The molecule has 0 spiro atoms. The number of ether oxygens (including phenoxy) is 1. The van der Waals surface area contributed by atoms with Crippen molar-refractivity contribution >= 4 is 33.4 Å². The molecule has 0 saturated carbocycles. The molecule has 1 unspecified atom stereocenters. The molecule has 5 heterocycles. The van der Waals surface area contributed by atoms with E-state index in [0.717, 1.165) is 25.8 Å². The van der Waals surface area contributed by atoms with E-state index in [1.807, 2.05) is 0 Å². The van der Waals surface area contributed by atoms with Gasteiger partial charge in [-0.3, -0.25) is 9.69 Å². The molecular formula is C31H31F2N5O5. The van der Waals surface area contributed by atoms with Crippen molar-refractivity contribution in [2.24, 2.45) is 0 Å². The monoisotopic (exact) mass is 591 g/mol. The van der Waals surface area contributed by atoms with Gasteiger partial charge >= 0.3 is 11.6 Å². The number of aromatic hydroxyl groups is 1. The fourth-order valence-electron chi connectivity index (χ4n) is 6.93. The van der Waals surface area contributed by atoms with Crippen LogP contribution in [-0.2, 0) is 4.79 Å². The first kappa shape index (κ1) is 27.5. The average molecular weight is 592 g/mol. The molecule has 4 aromatic rings. The van der Waals surface area contributed by atoms with Gasteiger partial charge in [0, 0.05) is 36.0 Å². The molecule has 3 aliphatic heterocycles. The SMILES string of the molecule is Cc1c(-c2cc(O)cc3cccc(F)c23)oc(=O)c2c(NC3CCCNC3=O)nc(OC[C@@]34CCCN3C[C@H](F)C4)nc12. The number of alkyl halides is 1. The van der Waals surface area contributed by atoms with E-state index in [4.69, 9.17) is 9.15 Å². The van der Waals surface area contributed by atoms with Gasteiger partial charge in [-0.25, -0.2) is 13.6 Å². The number of fused-ring (bicyclic) bond motifs is 3. The van der Waals surface area contributed by atoms with Crippen molar-refractivity contribution in [2.75, 3.05) is 31.6 Å². The maximum atomic E-state index is 15.1. The van der Waals surface area contributed by atoms with Crippen molar-refractivity contribution in [1.29, 1.82) is 0 Å². The predicted octanol–water partition coefficient (Wildman–Crippen LogP) is 4.20. The maximum Gasteiger partial charge on any atom is 0.349 e. The molecule has 43 heavy (non-hydrogen) atoms. The number of halogens is 2. The van der Waals surface area contributed by atoms with E-state index in [0.29, 0.717) is 36.9 Å². The fourth-order valence-corrected chi connectivity index (χ4v) is 6.93. The third-order valence-electron chi connectivity index (χ3n) is 8.97. The lowest BCUT2D eigenvalue weighted by Crippen LogP contribution is -2.44. The maximum absolute atomic E-state index is 15.1. The van der Waals surface area contributed by atoms with E-state index >= 15 is 4.39 Å². The number of hydrogen-bond donors (Lipinski definition) is 3. The van der Waals surface area contributed by atoms with E-state index in [9.17, 15) is 19.1 Å². The van der Waals surface area contributed by atoms with Crippen LogP contribution in [0.5, 0.6) is 11.8 Å². The molecular weight excluding hydrogens is 560 g/mol. The van der Waals surface area contributed by atoms with Gasteiger partial charge < -0.3 is 24.9 Å². The minimum atomic E-state index is -0.935. The Bertz CT molecular complexity index is 1830. The molecule has 3 saturated heterocycles. The number of phenols is 1. The van der Waals surface area contributed by atoms with Crippen molar-refractivity contribution in [3.05, 3.63) is 52.1 Å². The van der Waals surface area contributed by atoms with Crippen molar-refractivity contribution in [1.82, 2.24) is 20.2 Å². The summed E-state index contributed by atoms with van der Waals surface area (Å²) in [6.45, 7) is 3.56. The predicted molar refractivity (Wildman–Crippen MR) is 156 cm³/mol. The van der Waals surface area contributed by atoms with Crippen LogP contribution >= 0.6 is 0 Å². The van der Waals surface area contributed by atoms with Crippen LogP contribution in [0.15, 0.2) is 39.5 Å². The van der Waals surface area contributed by atoms with Crippen LogP contribution in [0, 0.1) is 12.7 Å². The van der Waals surface area contributed by atoms with Crippen molar-refractivity contribution in [3.8, 4) is 23.1 Å². The van der Waals surface area contributed by atoms with Gasteiger partial charge in [-0.05, 0) is 62.7 Å². The molecule has 3 fully saturated rings. The Morgan fingerprint density at radius 1 is 1.23 bits per heavy atom. The Balaban J connectivity index is 1.38. The van der Waals surface area contributed by atoms with Crippen LogP contribution in [0.25, 0.3) is 33.0 Å². The highest BCUT2D eigenvalue weighted by molar-refractivity contribution is 6.01. The molecule has 2 aromatic heterocycles. The lowest BCUT2D eigenvalue weighted by molar-refractivity contribution is -0.123. The number of amides is 1. The first-order chi connectivity index (χ1) is 20.7. The number of rotatable bonds is 6. The molecule has 7 rings (SSSR count). The van der Waals surface area contributed by atoms with Gasteiger partial charge in [-0.2, -0.15) is 9.97 Å². The highest BCUT2D eigenvalue weighted by atomic mass is 19.1. The largest absolute Gasteiger partial charge is 0.508 e. The second-order valence-corrected chi connectivity index (χ2v) is 11.7. The molecule has 1 amide bonds. The summed E-state index contributed by atoms with van der Waals surface area (Å²) in [6.07, 6.45) is 2.42. The number of nitrogens with one attached hydrogen (secondary N) is 2. The number of phenolic OH excluding ortho intramolecular Hbond substituents is 1. The quantitative estimate of drug-likeness (QED) is 0.302. The molecule has 3 N–H and O–H groups in total. The summed E-state index contributed by atoms with van der Waals surface area (Å²) < 4.78 is 41.4. The Morgan fingerprint density at radius 3 is 2.93 bits per heavy atom. The Hall–Kier alpha value is -4.32. The highest BCUT2D eigenvalue weighted by Crippen LogP contribution is 2.41. The van der Waals surface area contributed by atoms with Gasteiger partial charge in [-0.1, -0.05) is 12.1 Å². The third-order valence-corrected chi connectivity index (χ3v) is 8.97. The summed E-state index contributed by atoms with van der Waals surface area (Å²) >= 11 is 0. The number of aryl methyl sites for hydroxylation is 1. The van der Waals surface area contributed by atoms with E-state index in [2.05, 4.69) is 25.5 Å². The van der Waals surface area contributed by atoms with Gasteiger partial charge in [0.15, 0.2) is 0 Å². The van der Waals surface area contributed by atoms with E-state index < -0.39 is 29.2 Å². The van der Waals surface area contributed by atoms with Crippen molar-refractivity contribution in [3.63, 3.8) is 0 Å². The Labute approximate surface area is 245 Å². The van der Waals surface area contributed by atoms with Gasteiger partial charge in [0.25, 0.3) is 0 Å². The van der Waals surface area contributed by atoms with Crippen LogP contribution in [0.3, 0.4) is 0 Å². The van der Waals surface area contributed by atoms with Gasteiger partial charge in [0.1, 0.15) is 47.4 Å². The van der Waals surface area contributed by atoms with Gasteiger partial charge in [-0.15, -0.1) is 0 Å². The average Bonchev–Trinajstić information content (AvgIpc) is 3.50. The number of aromatic nitrogens is 2. The summed E-state index contributed by atoms with van der Waals surface area (Å²) in [7, 11) is 0. The number of carbonyl (C=O) groups is 1. The summed E-state index contributed by atoms with van der Waals surface area (Å²) in [5, 5.41) is 17.0.